The second-order valence-corrected chi connectivity index (χ2v) is 14.8. The van der Waals surface area contributed by atoms with Gasteiger partial charge in [-0.25, -0.2) is 4.98 Å². The predicted molar refractivity (Wildman–Crippen MR) is 216 cm³/mol. The number of piperidine rings is 2. The highest BCUT2D eigenvalue weighted by Crippen LogP contribution is 2.41. The van der Waals surface area contributed by atoms with E-state index in [1.807, 2.05) is 30.3 Å². The number of hydrogen-bond donors (Lipinski definition) is 6. The number of benzene rings is 3. The maximum atomic E-state index is 14.0. The molecule has 3 aliphatic heterocycles. The minimum Gasteiger partial charge on any atom is -0.494 e. The van der Waals surface area contributed by atoms with Crippen molar-refractivity contribution < 1.29 is 37.1 Å². The van der Waals surface area contributed by atoms with Crippen LogP contribution >= 0.6 is 12.6 Å². The summed E-state index contributed by atoms with van der Waals surface area (Å²) >= 11 is 4.65. The van der Waals surface area contributed by atoms with E-state index in [0.29, 0.717) is 30.0 Å². The van der Waals surface area contributed by atoms with Crippen LogP contribution in [0.4, 0.5) is 41.7 Å². The highest BCUT2D eigenvalue weighted by Gasteiger charge is 2.43. The van der Waals surface area contributed by atoms with Crippen LogP contribution in [-0.2, 0) is 22.2 Å². The number of rotatable bonds is 12. The molecular weight excluding hydrogens is 774 g/mol. The van der Waals surface area contributed by atoms with Crippen LogP contribution in [0.15, 0.2) is 72.9 Å². The first kappa shape index (κ1) is 40.4. The Labute approximate surface area is 338 Å². The molecule has 4 amide bonds. The molecule has 0 spiro atoms. The smallest absolute Gasteiger partial charge is 0.419 e. The SMILES string of the molecule is CNC(=O)c1ccccc1Nc1cc(Nc2ccc(N3CCC(NCCc4ccc5c(c4)C(=O)N(C4CCC(=O)NC4=O)C5S)CC3)cc2OC)ncc1C(F)(F)F. The van der Waals surface area contributed by atoms with Crippen LogP contribution in [0, 0.1) is 0 Å². The van der Waals surface area contributed by atoms with Gasteiger partial charge >= 0.3 is 6.18 Å². The van der Waals surface area contributed by atoms with Crippen LogP contribution in [0.2, 0.25) is 0 Å². The first-order valence-corrected chi connectivity index (χ1v) is 19.4. The highest BCUT2D eigenvalue weighted by atomic mass is 32.1. The minimum atomic E-state index is -4.70. The number of ether oxygens (including phenoxy) is 1. The number of aromatic nitrogens is 1. The third-order valence-electron chi connectivity index (χ3n) is 10.7. The van der Waals surface area contributed by atoms with E-state index < -0.39 is 35.0 Å². The fourth-order valence-electron chi connectivity index (χ4n) is 7.63. The predicted octanol–water partition coefficient (Wildman–Crippen LogP) is 5.95. The number of hydrogen-bond acceptors (Lipinski definition) is 11. The van der Waals surface area contributed by atoms with E-state index in [-0.39, 0.29) is 53.5 Å². The molecule has 4 aromatic rings. The second-order valence-electron chi connectivity index (χ2n) is 14.3. The van der Waals surface area contributed by atoms with Gasteiger partial charge in [0, 0.05) is 62.2 Å². The van der Waals surface area contributed by atoms with Crippen molar-refractivity contribution >= 4 is 64.8 Å². The Bertz CT molecular complexity index is 2230. The highest BCUT2D eigenvalue weighted by molar-refractivity contribution is 7.80. The molecule has 0 radical (unpaired) electrons. The van der Waals surface area contributed by atoms with Gasteiger partial charge in [0.05, 0.1) is 35.3 Å². The lowest BCUT2D eigenvalue weighted by atomic mass is 10.0. The standard InChI is InChI=1S/C41H43F3N8O5S/c1-45-37(54)27-5-3-4-6-30(27)48-32-21-35(47-22-29(32)41(42,43)44)49-31-10-8-25(20-34(31)57-2)51-17-14-24(15-18-51)46-16-13-23-7-9-26-28(19-23)39(56)52(40(26)58)33-11-12-36(53)50-38(33)55/h3-10,19-22,24,33,40,46,58H,11-18H2,1-2H3,(H,45,54)(H2,47,48,49)(H,50,53,55). The third kappa shape index (κ3) is 8.55. The van der Waals surface area contributed by atoms with Crippen molar-refractivity contribution in [1.29, 1.82) is 0 Å². The number of imide groups is 1. The van der Waals surface area contributed by atoms with Crippen LogP contribution in [0.1, 0.15) is 68.5 Å². The Kier molecular flexibility index (Phi) is 11.8. The number of thiol groups is 1. The molecule has 304 valence electrons. The fraction of sp³-hybridized carbons (Fsp3) is 0.341. The zero-order valence-electron chi connectivity index (χ0n) is 31.8. The van der Waals surface area contributed by atoms with Crippen LogP contribution in [0.25, 0.3) is 0 Å². The second kappa shape index (κ2) is 17.0. The van der Waals surface area contributed by atoms with E-state index in [9.17, 15) is 32.3 Å². The largest absolute Gasteiger partial charge is 0.494 e. The van der Waals surface area contributed by atoms with Crippen molar-refractivity contribution in [2.75, 3.05) is 49.3 Å². The minimum absolute atomic E-state index is 0.137. The molecule has 4 heterocycles. The molecule has 2 saturated heterocycles. The number of para-hydroxylation sites is 1. The molecule has 3 aromatic carbocycles. The van der Waals surface area contributed by atoms with Crippen molar-refractivity contribution in [1.82, 2.24) is 25.8 Å². The number of alkyl halides is 3. The van der Waals surface area contributed by atoms with Crippen LogP contribution in [-0.4, -0.2) is 79.4 Å². The molecule has 0 aliphatic carbocycles. The average molecular weight is 817 g/mol. The van der Waals surface area contributed by atoms with Crippen molar-refractivity contribution in [3.63, 3.8) is 0 Å². The maximum Gasteiger partial charge on any atom is 0.419 e. The van der Waals surface area contributed by atoms with Gasteiger partial charge in [-0.3, -0.25) is 24.5 Å². The Balaban J connectivity index is 0.944. The first-order valence-electron chi connectivity index (χ1n) is 18.9. The molecule has 5 N–H and O–H groups in total. The van der Waals surface area contributed by atoms with Gasteiger partial charge in [-0.1, -0.05) is 24.3 Å². The van der Waals surface area contributed by atoms with Gasteiger partial charge in [-0.15, -0.1) is 12.6 Å². The van der Waals surface area contributed by atoms with E-state index in [2.05, 4.69) is 49.1 Å². The lowest BCUT2D eigenvalue weighted by molar-refractivity contribution is -0.138. The number of nitrogens with zero attached hydrogens (tertiary/aromatic N) is 3. The summed E-state index contributed by atoms with van der Waals surface area (Å²) in [6, 6.07) is 18.4. The number of carbonyl (C=O) groups is 4. The molecule has 2 unspecified atom stereocenters. The van der Waals surface area contributed by atoms with Crippen molar-refractivity contribution in [2.24, 2.45) is 0 Å². The zero-order chi connectivity index (χ0) is 41.1. The van der Waals surface area contributed by atoms with E-state index in [1.54, 1.807) is 18.2 Å². The molecule has 0 bridgehead atoms. The van der Waals surface area contributed by atoms with E-state index >= 15 is 0 Å². The number of anilines is 5. The van der Waals surface area contributed by atoms with Gasteiger partial charge in [0.2, 0.25) is 11.8 Å². The van der Waals surface area contributed by atoms with Crippen LogP contribution in [0.3, 0.4) is 0 Å². The van der Waals surface area contributed by atoms with E-state index in [1.165, 1.54) is 37.3 Å². The van der Waals surface area contributed by atoms with Crippen molar-refractivity contribution in [3.8, 4) is 5.75 Å². The topological polar surface area (TPSA) is 157 Å². The van der Waals surface area contributed by atoms with Crippen molar-refractivity contribution in [3.05, 3.63) is 101 Å². The molecule has 13 nitrogen and oxygen atoms in total. The molecular formula is C41H43F3N8O5S. The van der Waals surface area contributed by atoms with Crippen molar-refractivity contribution in [2.45, 2.75) is 55.7 Å². The summed E-state index contributed by atoms with van der Waals surface area (Å²) in [5.41, 5.74) is 2.85. The summed E-state index contributed by atoms with van der Waals surface area (Å²) in [7, 11) is 2.96. The molecule has 3 aliphatic rings. The van der Waals surface area contributed by atoms with Crippen LogP contribution in [0.5, 0.6) is 5.75 Å². The number of methoxy groups -OCH3 is 1. The number of pyridine rings is 1. The maximum absolute atomic E-state index is 14.0. The summed E-state index contributed by atoms with van der Waals surface area (Å²) in [6.45, 7) is 2.28. The number of carbonyl (C=O) groups excluding carboxylic acids is 4. The van der Waals surface area contributed by atoms with Gasteiger partial charge in [0.1, 0.15) is 23.0 Å². The summed E-state index contributed by atoms with van der Waals surface area (Å²) < 4.78 is 47.8. The summed E-state index contributed by atoms with van der Waals surface area (Å²) in [4.78, 5) is 57.6. The quantitative estimate of drug-likeness (QED) is 0.0747. The Hall–Kier alpha value is -5.81. The average Bonchev–Trinajstić information content (AvgIpc) is 3.45. The zero-order valence-corrected chi connectivity index (χ0v) is 32.7. The molecule has 1 aromatic heterocycles. The fourth-order valence-corrected chi connectivity index (χ4v) is 8.12. The van der Waals surface area contributed by atoms with E-state index in [4.69, 9.17) is 4.74 Å². The molecule has 2 fully saturated rings. The Morgan fingerprint density at radius 1 is 0.966 bits per heavy atom. The molecule has 2 atom stereocenters. The normalized spacial score (nSPS) is 18.5. The monoisotopic (exact) mass is 816 g/mol. The third-order valence-corrected chi connectivity index (χ3v) is 11.2. The van der Waals surface area contributed by atoms with Gasteiger partial charge < -0.3 is 35.8 Å². The number of amides is 4. The molecule has 17 heteroatoms. The number of fused-ring (bicyclic) bond motifs is 1. The molecule has 0 saturated carbocycles. The first-order chi connectivity index (χ1) is 27.8. The Morgan fingerprint density at radius 2 is 1.74 bits per heavy atom. The lowest BCUT2D eigenvalue weighted by Gasteiger charge is -2.34. The summed E-state index contributed by atoms with van der Waals surface area (Å²) in [6.07, 6.45) is -1.02. The van der Waals surface area contributed by atoms with Gasteiger partial charge in [0.15, 0.2) is 0 Å². The lowest BCUT2D eigenvalue weighted by Crippen LogP contribution is -2.53. The molecule has 58 heavy (non-hydrogen) atoms. The van der Waals surface area contributed by atoms with E-state index in [0.717, 1.165) is 48.9 Å². The summed E-state index contributed by atoms with van der Waals surface area (Å²) in [5, 5.41) is 13.8. The number of nitrogens with one attached hydrogen (secondary N) is 5. The summed E-state index contributed by atoms with van der Waals surface area (Å²) in [5.74, 6) is -0.892. The number of halogens is 3. The molecule has 7 rings (SSSR count). The Morgan fingerprint density at radius 3 is 2.47 bits per heavy atom. The van der Waals surface area contributed by atoms with Gasteiger partial charge in [-0.05, 0) is 73.7 Å². The van der Waals surface area contributed by atoms with Crippen LogP contribution < -0.4 is 36.2 Å². The van der Waals surface area contributed by atoms with Gasteiger partial charge in [0.25, 0.3) is 11.8 Å². The van der Waals surface area contributed by atoms with Gasteiger partial charge in [-0.2, -0.15) is 13.2 Å².